The Hall–Kier alpha value is -2.12. The third kappa shape index (κ3) is 3.93. The zero-order valence-electron chi connectivity index (χ0n) is 18.3. The van der Waals surface area contributed by atoms with Crippen LogP contribution in [0.3, 0.4) is 0 Å². The largest absolute Gasteiger partial charge is 0.497 e. The highest BCUT2D eigenvalue weighted by Crippen LogP contribution is 2.43. The van der Waals surface area contributed by atoms with Crippen LogP contribution in [-0.2, 0) is 9.53 Å². The highest BCUT2D eigenvalue weighted by atomic mass is 16.5. The number of hydrogen-bond acceptors (Lipinski definition) is 5. The third-order valence-corrected chi connectivity index (χ3v) is 6.95. The Bertz CT molecular complexity index is 782. The van der Waals surface area contributed by atoms with Gasteiger partial charge in [0.25, 0.3) is 5.91 Å². The predicted octanol–water partition coefficient (Wildman–Crippen LogP) is 2.22. The Morgan fingerprint density at radius 3 is 2.50 bits per heavy atom. The van der Waals surface area contributed by atoms with Crippen LogP contribution in [0, 0.1) is 5.92 Å². The van der Waals surface area contributed by atoms with E-state index in [1.165, 1.54) is 0 Å². The number of benzene rings is 1. The summed E-state index contributed by atoms with van der Waals surface area (Å²) in [5.74, 6) is 1.11. The van der Waals surface area contributed by atoms with Gasteiger partial charge >= 0.3 is 0 Å². The molecule has 0 radical (unpaired) electrons. The molecule has 1 aromatic rings. The molecule has 2 aliphatic heterocycles. The van der Waals surface area contributed by atoms with Gasteiger partial charge in [-0.25, -0.2) is 0 Å². The first-order valence-corrected chi connectivity index (χ1v) is 11.0. The summed E-state index contributed by atoms with van der Waals surface area (Å²) in [6.45, 7) is 5.60. The van der Waals surface area contributed by atoms with Gasteiger partial charge in [0, 0.05) is 31.7 Å². The normalized spacial score (nSPS) is 30.0. The van der Waals surface area contributed by atoms with Gasteiger partial charge in [0.15, 0.2) is 0 Å². The number of carbonyl (C=O) groups is 2. The van der Waals surface area contributed by atoms with Crippen molar-refractivity contribution in [2.45, 2.75) is 44.4 Å². The van der Waals surface area contributed by atoms with Crippen LogP contribution < -0.4 is 4.74 Å². The van der Waals surface area contributed by atoms with E-state index in [9.17, 15) is 9.59 Å². The van der Waals surface area contributed by atoms with Gasteiger partial charge in [-0.1, -0.05) is 13.0 Å². The van der Waals surface area contributed by atoms with Crippen molar-refractivity contribution in [3.63, 3.8) is 0 Å². The van der Waals surface area contributed by atoms with Gasteiger partial charge in [-0.2, -0.15) is 0 Å². The Balaban J connectivity index is 1.64. The Labute approximate surface area is 178 Å². The molecule has 30 heavy (non-hydrogen) atoms. The molecule has 1 aromatic carbocycles. The third-order valence-electron chi connectivity index (χ3n) is 6.95. The highest BCUT2D eigenvalue weighted by Gasteiger charge is 2.54. The second kappa shape index (κ2) is 8.55. The lowest BCUT2D eigenvalue weighted by Crippen LogP contribution is -2.59. The van der Waals surface area contributed by atoms with Crippen molar-refractivity contribution in [2.75, 3.05) is 46.9 Å². The fraction of sp³-hybridized carbons (Fsp3) is 0.652. The number of methoxy groups -OCH3 is 1. The lowest BCUT2D eigenvalue weighted by atomic mass is 9.83. The smallest absolute Gasteiger partial charge is 0.257 e. The Morgan fingerprint density at radius 1 is 1.13 bits per heavy atom. The molecule has 1 aliphatic carbocycles. The molecule has 0 N–H and O–H groups in total. The predicted molar refractivity (Wildman–Crippen MR) is 113 cm³/mol. The first-order valence-electron chi connectivity index (χ1n) is 11.0. The van der Waals surface area contributed by atoms with Crippen LogP contribution in [0.4, 0.5) is 0 Å². The minimum Gasteiger partial charge on any atom is -0.497 e. The summed E-state index contributed by atoms with van der Waals surface area (Å²) in [7, 11) is 3.66. The van der Waals surface area contributed by atoms with E-state index in [0.29, 0.717) is 30.3 Å². The number of amides is 2. The first kappa shape index (κ1) is 21.1. The van der Waals surface area contributed by atoms with Crippen molar-refractivity contribution in [2.24, 2.45) is 5.92 Å². The van der Waals surface area contributed by atoms with Crippen molar-refractivity contribution in [1.82, 2.24) is 14.7 Å². The van der Waals surface area contributed by atoms with Gasteiger partial charge in [-0.15, -0.1) is 0 Å². The molecule has 0 aromatic heterocycles. The van der Waals surface area contributed by atoms with Crippen LogP contribution in [0.2, 0.25) is 0 Å². The summed E-state index contributed by atoms with van der Waals surface area (Å²) >= 11 is 0. The summed E-state index contributed by atoms with van der Waals surface area (Å²) < 4.78 is 11.6. The summed E-state index contributed by atoms with van der Waals surface area (Å²) in [6.07, 6.45) is 3.54. The minimum atomic E-state index is -0.681. The molecule has 2 heterocycles. The fourth-order valence-corrected chi connectivity index (χ4v) is 4.90. The average molecular weight is 416 g/mol. The van der Waals surface area contributed by atoms with E-state index in [1.807, 2.05) is 17.0 Å². The maximum Gasteiger partial charge on any atom is 0.257 e. The van der Waals surface area contributed by atoms with Crippen LogP contribution in [0.25, 0.3) is 0 Å². The van der Waals surface area contributed by atoms with Crippen molar-refractivity contribution in [3.8, 4) is 5.75 Å². The Morgan fingerprint density at radius 2 is 1.83 bits per heavy atom. The van der Waals surface area contributed by atoms with Crippen molar-refractivity contribution in [1.29, 1.82) is 0 Å². The van der Waals surface area contributed by atoms with Crippen LogP contribution in [0.1, 0.15) is 43.0 Å². The van der Waals surface area contributed by atoms with E-state index in [0.717, 1.165) is 38.8 Å². The molecule has 1 atom stereocenters. The molecule has 1 unspecified atom stereocenters. The molecular weight excluding hydrogens is 382 g/mol. The Kier molecular flexibility index (Phi) is 6.02. The lowest BCUT2D eigenvalue weighted by Gasteiger charge is -2.44. The molecule has 3 fully saturated rings. The number of ether oxygens (including phenoxy) is 2. The van der Waals surface area contributed by atoms with Gasteiger partial charge in [0.2, 0.25) is 5.91 Å². The number of rotatable bonds is 3. The maximum absolute atomic E-state index is 13.7. The van der Waals surface area contributed by atoms with E-state index in [-0.39, 0.29) is 18.4 Å². The number of likely N-dealkylation sites (N-methyl/N-ethyl adjacent to an activating group) is 1. The quantitative estimate of drug-likeness (QED) is 0.758. The van der Waals surface area contributed by atoms with Gasteiger partial charge in [0.1, 0.15) is 17.5 Å². The van der Waals surface area contributed by atoms with Crippen molar-refractivity contribution in [3.05, 3.63) is 29.8 Å². The molecule has 2 amide bonds. The van der Waals surface area contributed by atoms with Crippen LogP contribution in [0.5, 0.6) is 5.75 Å². The maximum atomic E-state index is 13.7. The second-order valence-corrected chi connectivity index (χ2v) is 8.99. The SMILES string of the molecule is COc1cccc(C(=O)N2C(C(=O)N3CCN(C)CC3)COC23CCC(C)CC3)c1. The topological polar surface area (TPSA) is 62.3 Å². The van der Waals surface area contributed by atoms with Gasteiger partial charge < -0.3 is 19.3 Å². The second-order valence-electron chi connectivity index (χ2n) is 8.99. The average Bonchev–Trinajstić information content (AvgIpc) is 3.14. The summed E-state index contributed by atoms with van der Waals surface area (Å²) in [6, 6.07) is 6.61. The number of hydrogen-bond donors (Lipinski definition) is 0. The fourth-order valence-electron chi connectivity index (χ4n) is 4.90. The van der Waals surface area contributed by atoms with Crippen molar-refractivity contribution >= 4 is 11.8 Å². The van der Waals surface area contributed by atoms with E-state index < -0.39 is 11.8 Å². The summed E-state index contributed by atoms with van der Waals surface area (Å²) in [4.78, 5) is 33.1. The monoisotopic (exact) mass is 415 g/mol. The van der Waals surface area contributed by atoms with E-state index in [2.05, 4.69) is 18.9 Å². The first-order chi connectivity index (χ1) is 14.4. The van der Waals surface area contributed by atoms with E-state index in [1.54, 1.807) is 24.1 Å². The minimum absolute atomic E-state index is 0.00911. The number of carbonyl (C=O) groups excluding carboxylic acids is 2. The molecule has 3 aliphatic rings. The molecular formula is C23H33N3O4. The summed E-state index contributed by atoms with van der Waals surface area (Å²) in [5, 5.41) is 0. The van der Waals surface area contributed by atoms with Crippen LogP contribution in [-0.4, -0.2) is 85.2 Å². The zero-order valence-corrected chi connectivity index (χ0v) is 18.3. The van der Waals surface area contributed by atoms with Gasteiger partial charge in [0.05, 0.1) is 13.7 Å². The molecule has 164 valence electrons. The lowest BCUT2D eigenvalue weighted by molar-refractivity contribution is -0.139. The molecule has 1 saturated carbocycles. The van der Waals surface area contributed by atoms with Gasteiger partial charge in [-0.05, 0) is 56.8 Å². The molecule has 7 heteroatoms. The van der Waals surface area contributed by atoms with E-state index >= 15 is 0 Å². The van der Waals surface area contributed by atoms with Crippen LogP contribution >= 0.6 is 0 Å². The molecule has 1 spiro atoms. The number of piperazine rings is 1. The number of nitrogens with zero attached hydrogens (tertiary/aromatic N) is 3. The van der Waals surface area contributed by atoms with Gasteiger partial charge in [-0.3, -0.25) is 14.5 Å². The molecule has 4 rings (SSSR count). The molecule has 0 bridgehead atoms. The van der Waals surface area contributed by atoms with Crippen molar-refractivity contribution < 1.29 is 19.1 Å². The van der Waals surface area contributed by atoms with E-state index in [4.69, 9.17) is 9.47 Å². The zero-order chi connectivity index (χ0) is 21.3. The molecule has 7 nitrogen and oxygen atoms in total. The van der Waals surface area contributed by atoms with Crippen LogP contribution in [0.15, 0.2) is 24.3 Å². The summed E-state index contributed by atoms with van der Waals surface area (Å²) in [5.41, 5.74) is -0.145. The molecule has 2 saturated heterocycles. The standard InChI is InChI=1S/C23H33N3O4/c1-17-7-9-23(10-8-17)26(21(27)18-5-4-6-19(15-18)29-3)20(16-30-23)22(28)25-13-11-24(2)12-14-25/h4-6,15,17,20H,7-14,16H2,1-3H3. The highest BCUT2D eigenvalue weighted by molar-refractivity contribution is 5.98.